The monoisotopic (exact) mass is 272 g/mol. The van der Waals surface area contributed by atoms with Gasteiger partial charge < -0.3 is 14.4 Å². The van der Waals surface area contributed by atoms with Gasteiger partial charge in [-0.3, -0.25) is 9.79 Å². The first kappa shape index (κ1) is 12.7. The molecule has 5 heteroatoms. The number of carbonyl (C=O) groups excluding carboxylic acids is 1. The van der Waals surface area contributed by atoms with Gasteiger partial charge in [0.05, 0.1) is 26.0 Å². The van der Waals surface area contributed by atoms with Crippen molar-refractivity contribution in [2.75, 3.05) is 20.8 Å². The first-order chi connectivity index (χ1) is 9.67. The highest BCUT2D eigenvalue weighted by molar-refractivity contribution is 5.99. The predicted molar refractivity (Wildman–Crippen MR) is 76.1 cm³/mol. The Balaban J connectivity index is 2.26. The molecule has 20 heavy (non-hydrogen) atoms. The van der Waals surface area contributed by atoms with Crippen molar-refractivity contribution in [1.82, 2.24) is 4.90 Å². The minimum atomic E-state index is -0.103. The topological polar surface area (TPSA) is 51.1 Å². The van der Waals surface area contributed by atoms with Crippen LogP contribution in [0.5, 0.6) is 11.5 Å². The van der Waals surface area contributed by atoms with Crippen LogP contribution in [0.1, 0.15) is 24.1 Å². The van der Waals surface area contributed by atoms with E-state index in [-0.39, 0.29) is 18.5 Å². The summed E-state index contributed by atoms with van der Waals surface area (Å²) in [4.78, 5) is 18.0. The fourth-order valence-corrected chi connectivity index (χ4v) is 2.86. The lowest BCUT2D eigenvalue weighted by Gasteiger charge is -2.37. The Morgan fingerprint density at radius 3 is 2.65 bits per heavy atom. The van der Waals surface area contributed by atoms with Crippen molar-refractivity contribution in [3.8, 4) is 11.5 Å². The normalized spacial score (nSPS) is 20.1. The summed E-state index contributed by atoms with van der Waals surface area (Å²) in [5.41, 5.74) is 2.72. The van der Waals surface area contributed by atoms with E-state index < -0.39 is 0 Å². The minimum absolute atomic E-state index is 0.00164. The second-order valence-corrected chi connectivity index (χ2v) is 4.78. The third kappa shape index (κ3) is 1.70. The molecular weight excluding hydrogens is 256 g/mol. The van der Waals surface area contributed by atoms with Gasteiger partial charge in [0, 0.05) is 17.3 Å². The largest absolute Gasteiger partial charge is 0.496 e. The molecule has 1 amide bonds. The summed E-state index contributed by atoms with van der Waals surface area (Å²) in [5.74, 6) is 1.53. The Labute approximate surface area is 117 Å². The molecule has 2 aliphatic rings. The van der Waals surface area contributed by atoms with E-state index in [1.165, 1.54) is 0 Å². The van der Waals surface area contributed by atoms with Crippen LogP contribution in [0, 0.1) is 0 Å². The van der Waals surface area contributed by atoms with Crippen molar-refractivity contribution in [2.45, 2.75) is 13.0 Å². The van der Waals surface area contributed by atoms with Crippen LogP contribution >= 0.6 is 0 Å². The number of allylic oxidation sites excluding steroid dienone is 1. The summed E-state index contributed by atoms with van der Waals surface area (Å²) in [6, 6.07) is 3.64. The van der Waals surface area contributed by atoms with E-state index in [1.807, 2.05) is 25.1 Å². The molecule has 104 valence electrons. The van der Waals surface area contributed by atoms with Crippen LogP contribution in [-0.4, -0.2) is 37.8 Å². The maximum Gasteiger partial charge on any atom is 0.249 e. The van der Waals surface area contributed by atoms with Crippen LogP contribution in [0.15, 0.2) is 22.8 Å². The van der Waals surface area contributed by atoms with Crippen LogP contribution < -0.4 is 9.47 Å². The van der Waals surface area contributed by atoms with E-state index >= 15 is 0 Å². The van der Waals surface area contributed by atoms with E-state index in [4.69, 9.17) is 9.47 Å². The quantitative estimate of drug-likeness (QED) is 0.827. The van der Waals surface area contributed by atoms with Crippen LogP contribution in [-0.2, 0) is 4.79 Å². The van der Waals surface area contributed by atoms with Gasteiger partial charge in [-0.2, -0.15) is 0 Å². The second-order valence-electron chi connectivity index (χ2n) is 4.78. The molecular formula is C15H16N2O3. The first-order valence-electron chi connectivity index (χ1n) is 6.45. The Hall–Kier alpha value is -2.30. The number of fused-ring (bicyclic) bond motifs is 2. The summed E-state index contributed by atoms with van der Waals surface area (Å²) in [6.07, 6.45) is 3.66. The smallest absolute Gasteiger partial charge is 0.249 e. The molecule has 0 N–H and O–H groups in total. The molecule has 0 spiro atoms. The Kier molecular flexibility index (Phi) is 2.97. The maximum absolute atomic E-state index is 12.1. The van der Waals surface area contributed by atoms with E-state index in [0.29, 0.717) is 0 Å². The number of ether oxygens (including phenoxy) is 2. The van der Waals surface area contributed by atoms with E-state index in [1.54, 1.807) is 25.3 Å². The van der Waals surface area contributed by atoms with Crippen LogP contribution in [0.25, 0.3) is 6.08 Å². The molecule has 0 aromatic heterocycles. The number of rotatable bonds is 2. The molecule has 0 saturated carbocycles. The summed E-state index contributed by atoms with van der Waals surface area (Å²) in [7, 11) is 3.27. The molecule has 1 aromatic carbocycles. The number of carbonyl (C=O) groups is 1. The van der Waals surface area contributed by atoms with Gasteiger partial charge in [0.2, 0.25) is 5.91 Å². The third-order valence-corrected chi connectivity index (χ3v) is 3.74. The average Bonchev–Trinajstić information content (AvgIpc) is 2.46. The molecule has 1 atom stereocenters. The SMILES string of the molecule is COc1ccc(OC)c2c1C=C1C=NCC(=O)N1C2C. The molecule has 2 heterocycles. The van der Waals surface area contributed by atoms with Crippen molar-refractivity contribution >= 4 is 18.2 Å². The zero-order valence-electron chi connectivity index (χ0n) is 11.7. The van der Waals surface area contributed by atoms with Crippen LogP contribution in [0.4, 0.5) is 0 Å². The minimum Gasteiger partial charge on any atom is -0.496 e. The number of amides is 1. The number of methoxy groups -OCH3 is 2. The van der Waals surface area contributed by atoms with Gasteiger partial charge in [-0.15, -0.1) is 0 Å². The second kappa shape index (κ2) is 4.67. The fraction of sp³-hybridized carbons (Fsp3) is 0.333. The molecule has 0 bridgehead atoms. The zero-order valence-corrected chi connectivity index (χ0v) is 11.7. The van der Waals surface area contributed by atoms with Gasteiger partial charge in [-0.25, -0.2) is 0 Å². The lowest BCUT2D eigenvalue weighted by atomic mass is 9.92. The van der Waals surface area contributed by atoms with Crippen LogP contribution in [0.3, 0.4) is 0 Å². The number of nitrogens with zero attached hydrogens (tertiary/aromatic N) is 2. The number of hydrogen-bond donors (Lipinski definition) is 0. The Bertz CT molecular complexity index is 634. The fourth-order valence-electron chi connectivity index (χ4n) is 2.86. The highest BCUT2D eigenvalue weighted by atomic mass is 16.5. The maximum atomic E-state index is 12.1. The summed E-state index contributed by atoms with van der Waals surface area (Å²) in [5, 5.41) is 0. The van der Waals surface area contributed by atoms with Crippen LogP contribution in [0.2, 0.25) is 0 Å². The third-order valence-electron chi connectivity index (χ3n) is 3.74. The van der Waals surface area contributed by atoms with E-state index in [9.17, 15) is 4.79 Å². The van der Waals surface area contributed by atoms with Gasteiger partial charge >= 0.3 is 0 Å². The number of benzene rings is 1. The Morgan fingerprint density at radius 1 is 1.25 bits per heavy atom. The molecule has 0 fully saturated rings. The number of hydrogen-bond acceptors (Lipinski definition) is 4. The van der Waals surface area contributed by atoms with Gasteiger partial charge in [0.25, 0.3) is 0 Å². The van der Waals surface area contributed by atoms with Gasteiger partial charge in [0.15, 0.2) is 0 Å². The summed E-state index contributed by atoms with van der Waals surface area (Å²) < 4.78 is 10.9. The van der Waals surface area contributed by atoms with Crippen molar-refractivity contribution in [3.63, 3.8) is 0 Å². The van der Waals surface area contributed by atoms with Gasteiger partial charge in [0.1, 0.15) is 18.0 Å². The lowest BCUT2D eigenvalue weighted by Crippen LogP contribution is -2.39. The van der Waals surface area contributed by atoms with E-state index in [2.05, 4.69) is 4.99 Å². The van der Waals surface area contributed by atoms with E-state index in [0.717, 1.165) is 28.3 Å². The molecule has 1 aromatic rings. The molecule has 2 aliphatic heterocycles. The Morgan fingerprint density at radius 2 is 1.95 bits per heavy atom. The highest BCUT2D eigenvalue weighted by Crippen LogP contribution is 2.43. The van der Waals surface area contributed by atoms with Crippen molar-refractivity contribution in [1.29, 1.82) is 0 Å². The van der Waals surface area contributed by atoms with Gasteiger partial charge in [-0.1, -0.05) is 0 Å². The molecule has 0 saturated heterocycles. The molecule has 3 rings (SSSR count). The first-order valence-corrected chi connectivity index (χ1v) is 6.45. The van der Waals surface area contributed by atoms with Gasteiger partial charge in [-0.05, 0) is 25.1 Å². The molecule has 0 radical (unpaired) electrons. The standard InChI is InChI=1S/C15H16N2O3/c1-9-15-11(12(19-2)4-5-13(15)20-3)6-10-7-16-8-14(18)17(9)10/h4-7,9H,8H2,1-3H3. The molecule has 5 nitrogen and oxygen atoms in total. The van der Waals surface area contributed by atoms with Crippen molar-refractivity contribution in [2.24, 2.45) is 4.99 Å². The predicted octanol–water partition coefficient (Wildman–Crippen LogP) is 2.03. The lowest BCUT2D eigenvalue weighted by molar-refractivity contribution is -0.129. The number of aliphatic imine (C=N–C) groups is 1. The zero-order chi connectivity index (χ0) is 14.3. The highest BCUT2D eigenvalue weighted by Gasteiger charge is 2.34. The molecule has 1 unspecified atom stereocenters. The van der Waals surface area contributed by atoms with Crippen molar-refractivity contribution in [3.05, 3.63) is 29.0 Å². The average molecular weight is 272 g/mol. The summed E-state index contributed by atoms with van der Waals surface area (Å²) in [6.45, 7) is 2.19. The molecule has 0 aliphatic carbocycles. The summed E-state index contributed by atoms with van der Waals surface area (Å²) >= 11 is 0. The van der Waals surface area contributed by atoms with Crippen molar-refractivity contribution < 1.29 is 14.3 Å².